The lowest BCUT2D eigenvalue weighted by Crippen LogP contribution is -2.36. The predicted octanol–water partition coefficient (Wildman–Crippen LogP) is 1.28. The van der Waals surface area contributed by atoms with Gasteiger partial charge < -0.3 is 11.1 Å². The number of aromatic nitrogens is 2. The molecular formula is C14H24N4O2. The fourth-order valence-corrected chi connectivity index (χ4v) is 2.91. The summed E-state index contributed by atoms with van der Waals surface area (Å²) in [4.78, 5) is 25.6. The molecule has 1 atom stereocenters. The molecule has 1 aliphatic rings. The molecule has 0 aliphatic heterocycles. The maximum Gasteiger partial charge on any atom is 0.329 e. The van der Waals surface area contributed by atoms with Gasteiger partial charge in [0.05, 0.1) is 0 Å². The molecule has 6 nitrogen and oxygen atoms in total. The first kappa shape index (κ1) is 14.7. The number of nitrogens with one attached hydrogen (secondary N) is 2. The summed E-state index contributed by atoms with van der Waals surface area (Å²) < 4.78 is 1.25. The second-order valence-electron chi connectivity index (χ2n) is 6.03. The molecule has 20 heavy (non-hydrogen) atoms. The number of H-pyrrole nitrogens is 1. The van der Waals surface area contributed by atoms with Crippen molar-refractivity contribution in [2.45, 2.75) is 45.6 Å². The topological polar surface area (TPSA) is 92.9 Å². The summed E-state index contributed by atoms with van der Waals surface area (Å²) in [6.07, 6.45) is 4.80. The van der Waals surface area contributed by atoms with Crippen LogP contribution in [0.15, 0.2) is 9.59 Å². The lowest BCUT2D eigenvalue weighted by atomic mass is 9.79. The van der Waals surface area contributed by atoms with Gasteiger partial charge in [-0.3, -0.25) is 14.3 Å². The van der Waals surface area contributed by atoms with Crippen molar-refractivity contribution in [1.82, 2.24) is 9.55 Å². The Labute approximate surface area is 118 Å². The normalized spacial score (nSPS) is 24.4. The van der Waals surface area contributed by atoms with E-state index in [2.05, 4.69) is 24.1 Å². The Kier molecular flexibility index (Phi) is 4.20. The Morgan fingerprint density at radius 3 is 2.50 bits per heavy atom. The second kappa shape index (κ2) is 5.73. The highest BCUT2D eigenvalue weighted by atomic mass is 16.2. The van der Waals surface area contributed by atoms with Crippen LogP contribution in [-0.4, -0.2) is 15.6 Å². The first-order valence-electron chi connectivity index (χ1n) is 7.25. The first-order chi connectivity index (χ1) is 9.40. The third-order valence-electron chi connectivity index (χ3n) is 4.51. The predicted molar refractivity (Wildman–Crippen MR) is 80.9 cm³/mol. The molecule has 1 heterocycles. The molecule has 1 fully saturated rings. The summed E-state index contributed by atoms with van der Waals surface area (Å²) in [6.45, 7) is 4.36. The van der Waals surface area contributed by atoms with Crippen LogP contribution >= 0.6 is 0 Å². The van der Waals surface area contributed by atoms with Crippen molar-refractivity contribution >= 4 is 11.5 Å². The molecule has 0 radical (unpaired) electrons. The number of aromatic amines is 1. The highest BCUT2D eigenvalue weighted by Gasteiger charge is 2.24. The van der Waals surface area contributed by atoms with E-state index in [1.165, 1.54) is 30.3 Å². The number of nitrogen functional groups attached to an aromatic ring is 1. The number of hydrogen-bond donors (Lipinski definition) is 3. The quantitative estimate of drug-likeness (QED) is 0.777. The molecule has 1 aliphatic carbocycles. The summed E-state index contributed by atoms with van der Waals surface area (Å²) in [5, 5.41) is 3.20. The molecule has 6 heteroatoms. The fraction of sp³-hybridized carbons (Fsp3) is 0.714. The molecule has 0 bridgehead atoms. The van der Waals surface area contributed by atoms with Crippen LogP contribution in [-0.2, 0) is 7.05 Å². The Morgan fingerprint density at radius 2 is 1.90 bits per heavy atom. The summed E-state index contributed by atoms with van der Waals surface area (Å²) in [6, 6.07) is 0.170. The largest absolute Gasteiger partial charge is 0.383 e. The van der Waals surface area contributed by atoms with Crippen molar-refractivity contribution in [3.05, 3.63) is 20.8 Å². The van der Waals surface area contributed by atoms with Crippen LogP contribution in [0.1, 0.15) is 39.5 Å². The van der Waals surface area contributed by atoms with Gasteiger partial charge in [0, 0.05) is 13.1 Å². The average Bonchev–Trinajstić information content (AvgIpc) is 2.42. The van der Waals surface area contributed by atoms with Gasteiger partial charge in [-0.25, -0.2) is 4.79 Å². The molecule has 1 aromatic rings. The minimum Gasteiger partial charge on any atom is -0.383 e. The van der Waals surface area contributed by atoms with E-state index in [0.29, 0.717) is 11.6 Å². The lowest BCUT2D eigenvalue weighted by molar-refractivity contribution is 0.270. The molecule has 4 N–H and O–H groups in total. The maximum absolute atomic E-state index is 11.9. The minimum absolute atomic E-state index is 0.170. The molecule has 1 saturated carbocycles. The Morgan fingerprint density at radius 1 is 1.30 bits per heavy atom. The highest BCUT2D eigenvalue weighted by molar-refractivity contribution is 5.60. The van der Waals surface area contributed by atoms with Gasteiger partial charge in [0.2, 0.25) is 0 Å². The van der Waals surface area contributed by atoms with Crippen molar-refractivity contribution in [1.29, 1.82) is 0 Å². The zero-order valence-corrected chi connectivity index (χ0v) is 12.4. The summed E-state index contributed by atoms with van der Waals surface area (Å²) in [5.74, 6) is 1.53. The van der Waals surface area contributed by atoms with E-state index in [0.717, 1.165) is 5.92 Å². The fourth-order valence-electron chi connectivity index (χ4n) is 2.91. The average molecular weight is 280 g/mol. The van der Waals surface area contributed by atoms with E-state index in [9.17, 15) is 9.59 Å². The van der Waals surface area contributed by atoms with Crippen molar-refractivity contribution in [2.75, 3.05) is 11.1 Å². The molecule has 0 spiro atoms. The standard InChI is InChI=1S/C14H24N4O2/c1-8-4-6-10(7-5-8)9(2)16-11-12(15)18(3)14(20)17-13(11)19/h8-10,16H,4-7,15H2,1-3H3,(H,17,19,20). The van der Waals surface area contributed by atoms with Gasteiger partial charge in [-0.1, -0.05) is 19.8 Å². The van der Waals surface area contributed by atoms with Gasteiger partial charge in [-0.2, -0.15) is 0 Å². The van der Waals surface area contributed by atoms with E-state index in [4.69, 9.17) is 5.73 Å². The van der Waals surface area contributed by atoms with Crippen LogP contribution < -0.4 is 22.3 Å². The highest BCUT2D eigenvalue weighted by Crippen LogP contribution is 2.31. The van der Waals surface area contributed by atoms with Crippen molar-refractivity contribution in [2.24, 2.45) is 18.9 Å². The number of anilines is 2. The molecular weight excluding hydrogens is 256 g/mol. The van der Waals surface area contributed by atoms with Crippen LogP contribution in [0.5, 0.6) is 0 Å². The molecule has 0 saturated heterocycles. The molecule has 1 aromatic heterocycles. The lowest BCUT2D eigenvalue weighted by Gasteiger charge is -2.31. The third-order valence-corrected chi connectivity index (χ3v) is 4.51. The number of nitrogens with zero attached hydrogens (tertiary/aromatic N) is 1. The van der Waals surface area contributed by atoms with Crippen LogP contribution in [0, 0.1) is 11.8 Å². The van der Waals surface area contributed by atoms with E-state index in [1.807, 2.05) is 0 Å². The van der Waals surface area contributed by atoms with Gasteiger partial charge in [0.15, 0.2) is 0 Å². The van der Waals surface area contributed by atoms with Crippen molar-refractivity contribution in [3.8, 4) is 0 Å². The molecule has 0 amide bonds. The van der Waals surface area contributed by atoms with Gasteiger partial charge >= 0.3 is 5.69 Å². The summed E-state index contributed by atoms with van der Waals surface area (Å²) in [5.41, 5.74) is 5.24. The molecule has 0 aromatic carbocycles. The summed E-state index contributed by atoms with van der Waals surface area (Å²) >= 11 is 0. The monoisotopic (exact) mass is 280 g/mol. The van der Waals surface area contributed by atoms with E-state index >= 15 is 0 Å². The Hall–Kier alpha value is -1.72. The number of nitrogens with two attached hydrogens (primary N) is 1. The van der Waals surface area contributed by atoms with Crippen molar-refractivity contribution in [3.63, 3.8) is 0 Å². The van der Waals surface area contributed by atoms with Crippen LogP contribution in [0.25, 0.3) is 0 Å². The van der Waals surface area contributed by atoms with E-state index in [1.54, 1.807) is 7.05 Å². The van der Waals surface area contributed by atoms with Gasteiger partial charge in [0.1, 0.15) is 11.5 Å². The molecule has 112 valence electrons. The smallest absolute Gasteiger partial charge is 0.329 e. The van der Waals surface area contributed by atoms with Gasteiger partial charge in [-0.15, -0.1) is 0 Å². The van der Waals surface area contributed by atoms with E-state index in [-0.39, 0.29) is 11.9 Å². The number of hydrogen-bond acceptors (Lipinski definition) is 4. The van der Waals surface area contributed by atoms with Gasteiger partial charge in [0.25, 0.3) is 5.56 Å². The number of rotatable bonds is 3. The second-order valence-corrected chi connectivity index (χ2v) is 6.03. The van der Waals surface area contributed by atoms with Crippen molar-refractivity contribution < 1.29 is 0 Å². The SMILES string of the molecule is CC1CCC(C(C)Nc2c(N)n(C)c(=O)[nH]c2=O)CC1. The zero-order valence-electron chi connectivity index (χ0n) is 12.4. The third kappa shape index (κ3) is 2.89. The molecule has 2 rings (SSSR count). The minimum atomic E-state index is -0.489. The van der Waals surface area contributed by atoms with Gasteiger partial charge in [-0.05, 0) is 31.6 Å². The van der Waals surface area contributed by atoms with E-state index < -0.39 is 11.2 Å². The zero-order chi connectivity index (χ0) is 14.9. The van der Waals surface area contributed by atoms with Crippen LogP contribution in [0.4, 0.5) is 11.5 Å². The van der Waals surface area contributed by atoms with Crippen LogP contribution in [0.2, 0.25) is 0 Å². The first-order valence-corrected chi connectivity index (χ1v) is 7.25. The van der Waals surface area contributed by atoms with Crippen LogP contribution in [0.3, 0.4) is 0 Å². The summed E-state index contributed by atoms with van der Waals surface area (Å²) in [7, 11) is 1.55. The molecule has 1 unspecified atom stereocenters. The maximum atomic E-state index is 11.9. The Bertz CT molecular complexity index is 582. The Balaban J connectivity index is 2.16.